The summed E-state index contributed by atoms with van der Waals surface area (Å²) in [6, 6.07) is 0. The Kier molecular flexibility index (Phi) is 3.34. The van der Waals surface area contributed by atoms with E-state index in [0.717, 1.165) is 13.1 Å². The highest BCUT2D eigenvalue weighted by atomic mass is 16.4. The van der Waals surface area contributed by atoms with E-state index >= 15 is 0 Å². The molecule has 2 rings (SSSR count). The number of piperidine rings is 1. The lowest BCUT2D eigenvalue weighted by molar-refractivity contribution is 0.0704. The van der Waals surface area contributed by atoms with Gasteiger partial charge >= 0.3 is 6.09 Å². The Morgan fingerprint density at radius 2 is 1.82 bits per heavy atom. The van der Waals surface area contributed by atoms with Crippen LogP contribution < -0.4 is 5.32 Å². The van der Waals surface area contributed by atoms with E-state index in [9.17, 15) is 9.90 Å². The van der Waals surface area contributed by atoms with Crippen molar-refractivity contribution in [1.29, 1.82) is 0 Å². The molecule has 2 bridgehead atoms. The van der Waals surface area contributed by atoms with E-state index in [0.29, 0.717) is 24.3 Å². The van der Waals surface area contributed by atoms with Crippen molar-refractivity contribution >= 4 is 6.09 Å². The van der Waals surface area contributed by atoms with E-state index in [2.05, 4.69) is 5.32 Å². The summed E-state index contributed by atoms with van der Waals surface area (Å²) in [6.45, 7) is 8.77. The molecule has 4 nitrogen and oxygen atoms in total. The van der Waals surface area contributed by atoms with Crippen molar-refractivity contribution in [2.24, 2.45) is 17.8 Å². The molecule has 0 radical (unpaired) electrons. The van der Waals surface area contributed by atoms with Crippen molar-refractivity contribution in [3.8, 4) is 0 Å². The van der Waals surface area contributed by atoms with E-state index in [4.69, 9.17) is 0 Å². The van der Waals surface area contributed by atoms with Crippen LogP contribution in [-0.4, -0.2) is 41.3 Å². The van der Waals surface area contributed by atoms with Gasteiger partial charge in [0.1, 0.15) is 0 Å². The minimum absolute atomic E-state index is 0.295. The molecule has 3 atom stereocenters. The lowest BCUT2D eigenvalue weighted by Gasteiger charge is -2.39. The number of nitrogens with zero attached hydrogens (tertiary/aromatic N) is 1. The molecule has 0 spiro atoms. The number of carbonyl (C=O) groups is 1. The van der Waals surface area contributed by atoms with Gasteiger partial charge in [0.2, 0.25) is 0 Å². The van der Waals surface area contributed by atoms with Gasteiger partial charge in [0.25, 0.3) is 0 Å². The van der Waals surface area contributed by atoms with Crippen molar-refractivity contribution in [3.05, 3.63) is 0 Å². The Morgan fingerprint density at radius 1 is 1.29 bits per heavy atom. The molecule has 2 fully saturated rings. The fourth-order valence-electron chi connectivity index (χ4n) is 3.35. The minimum Gasteiger partial charge on any atom is -0.465 e. The Labute approximate surface area is 103 Å². The first-order valence-corrected chi connectivity index (χ1v) is 6.61. The summed E-state index contributed by atoms with van der Waals surface area (Å²) in [4.78, 5) is 13.0. The first kappa shape index (κ1) is 12.7. The second kappa shape index (κ2) is 4.48. The van der Waals surface area contributed by atoms with Crippen LogP contribution in [0.1, 0.15) is 33.6 Å². The van der Waals surface area contributed by atoms with Gasteiger partial charge in [-0.3, -0.25) is 0 Å². The monoisotopic (exact) mass is 240 g/mol. The zero-order valence-corrected chi connectivity index (χ0v) is 11.1. The summed E-state index contributed by atoms with van der Waals surface area (Å²) in [7, 11) is 0. The fourth-order valence-corrected chi connectivity index (χ4v) is 3.35. The van der Waals surface area contributed by atoms with Gasteiger partial charge in [-0.25, -0.2) is 4.79 Å². The van der Waals surface area contributed by atoms with Crippen molar-refractivity contribution in [2.75, 3.05) is 19.6 Å². The summed E-state index contributed by atoms with van der Waals surface area (Å²) in [5.74, 6) is 1.92. The lowest BCUT2D eigenvalue weighted by atomic mass is 9.85. The van der Waals surface area contributed by atoms with Crippen LogP contribution in [-0.2, 0) is 0 Å². The number of fused-ring (bicyclic) bond motifs is 2. The summed E-state index contributed by atoms with van der Waals surface area (Å²) < 4.78 is 0. The highest BCUT2D eigenvalue weighted by Crippen LogP contribution is 2.40. The molecule has 1 heterocycles. The molecule has 0 aromatic carbocycles. The Balaban J connectivity index is 2.06. The third-order valence-electron chi connectivity index (χ3n) is 4.37. The van der Waals surface area contributed by atoms with Crippen molar-refractivity contribution < 1.29 is 9.90 Å². The molecule has 17 heavy (non-hydrogen) atoms. The fraction of sp³-hybridized carbons (Fsp3) is 0.923. The molecule has 0 aromatic heterocycles. The molecule has 1 saturated carbocycles. The van der Waals surface area contributed by atoms with E-state index in [1.54, 1.807) is 4.90 Å². The normalized spacial score (nSPS) is 32.5. The average Bonchev–Trinajstić information content (AvgIpc) is 2.44. The van der Waals surface area contributed by atoms with Crippen LogP contribution in [0.15, 0.2) is 0 Å². The topological polar surface area (TPSA) is 52.6 Å². The zero-order valence-electron chi connectivity index (χ0n) is 11.1. The summed E-state index contributed by atoms with van der Waals surface area (Å²) in [5, 5.41) is 12.8. The third-order valence-corrected chi connectivity index (χ3v) is 4.37. The van der Waals surface area contributed by atoms with Gasteiger partial charge in [-0.2, -0.15) is 0 Å². The number of rotatable bonds is 2. The molecule has 1 saturated heterocycles. The third kappa shape index (κ3) is 2.57. The molecule has 1 aliphatic heterocycles. The quantitative estimate of drug-likeness (QED) is 0.776. The van der Waals surface area contributed by atoms with Crippen LogP contribution in [0.2, 0.25) is 0 Å². The molecule has 1 amide bonds. The number of hydrogen-bond donors (Lipinski definition) is 2. The predicted octanol–water partition coefficient (Wildman–Crippen LogP) is 2.01. The molecule has 0 aromatic rings. The second-order valence-corrected chi connectivity index (χ2v) is 6.48. The highest BCUT2D eigenvalue weighted by molar-refractivity contribution is 5.66. The van der Waals surface area contributed by atoms with Crippen molar-refractivity contribution in [2.45, 2.75) is 39.2 Å². The molecule has 2 aliphatic rings. The molecule has 2 unspecified atom stereocenters. The van der Waals surface area contributed by atoms with Crippen LogP contribution in [0, 0.1) is 17.8 Å². The lowest BCUT2D eigenvalue weighted by Crippen LogP contribution is -2.51. The van der Waals surface area contributed by atoms with E-state index in [1.807, 2.05) is 20.8 Å². The van der Waals surface area contributed by atoms with Gasteiger partial charge in [0.05, 0.1) is 0 Å². The van der Waals surface area contributed by atoms with Crippen LogP contribution in [0.3, 0.4) is 0 Å². The summed E-state index contributed by atoms with van der Waals surface area (Å²) in [6.07, 6.45) is 1.75. The molecule has 4 heteroatoms. The van der Waals surface area contributed by atoms with Crippen LogP contribution in [0.5, 0.6) is 0 Å². The predicted molar refractivity (Wildman–Crippen MR) is 67.1 cm³/mol. The maximum atomic E-state index is 11.4. The molecular formula is C13H24N2O2. The van der Waals surface area contributed by atoms with Crippen LogP contribution in [0.4, 0.5) is 4.79 Å². The van der Waals surface area contributed by atoms with Gasteiger partial charge in [-0.1, -0.05) is 0 Å². The number of nitrogens with one attached hydrogen (secondary N) is 1. The largest absolute Gasteiger partial charge is 0.465 e. The average molecular weight is 240 g/mol. The van der Waals surface area contributed by atoms with E-state index in [1.165, 1.54) is 12.8 Å². The van der Waals surface area contributed by atoms with Gasteiger partial charge < -0.3 is 15.3 Å². The van der Waals surface area contributed by atoms with Gasteiger partial charge in [-0.15, -0.1) is 0 Å². The molecule has 98 valence electrons. The van der Waals surface area contributed by atoms with Gasteiger partial charge in [0, 0.05) is 12.1 Å². The first-order valence-electron chi connectivity index (χ1n) is 6.61. The standard InChI is InChI=1S/C13H24N2O2/c1-13(2,3)15(12(16)17)8-11-9-4-5-10(11)7-14-6-9/h9-11,14H,4-8H2,1-3H3,(H,16,17)/t9-,10?,11?/m1/s1. The van der Waals surface area contributed by atoms with Crippen molar-refractivity contribution in [3.63, 3.8) is 0 Å². The maximum Gasteiger partial charge on any atom is 0.407 e. The summed E-state index contributed by atoms with van der Waals surface area (Å²) in [5.41, 5.74) is -0.295. The number of carboxylic acid groups (broad SMARTS) is 1. The Hall–Kier alpha value is -0.770. The molecular weight excluding hydrogens is 216 g/mol. The molecule has 1 aliphatic carbocycles. The van der Waals surface area contributed by atoms with E-state index in [-0.39, 0.29) is 5.54 Å². The van der Waals surface area contributed by atoms with Gasteiger partial charge in [-0.05, 0) is 64.5 Å². The first-order chi connectivity index (χ1) is 7.89. The Bertz CT molecular complexity index is 282. The summed E-state index contributed by atoms with van der Waals surface area (Å²) >= 11 is 0. The van der Waals surface area contributed by atoms with Crippen LogP contribution in [0.25, 0.3) is 0 Å². The van der Waals surface area contributed by atoms with E-state index < -0.39 is 6.09 Å². The number of amides is 1. The number of hydrogen-bond acceptors (Lipinski definition) is 2. The smallest absolute Gasteiger partial charge is 0.407 e. The zero-order chi connectivity index (χ0) is 12.6. The second-order valence-electron chi connectivity index (χ2n) is 6.48. The van der Waals surface area contributed by atoms with Gasteiger partial charge in [0.15, 0.2) is 0 Å². The van der Waals surface area contributed by atoms with Crippen LogP contribution >= 0.6 is 0 Å². The molecule has 2 N–H and O–H groups in total. The van der Waals surface area contributed by atoms with Crippen molar-refractivity contribution in [1.82, 2.24) is 10.2 Å². The minimum atomic E-state index is -0.782. The SMILES string of the molecule is CC(C)(C)N(CC1C2CC[C@@H]1CNC2)C(=O)O. The Morgan fingerprint density at radius 3 is 2.24 bits per heavy atom. The maximum absolute atomic E-state index is 11.4. The highest BCUT2D eigenvalue weighted by Gasteiger charge is 2.41.